The summed E-state index contributed by atoms with van der Waals surface area (Å²) in [5.74, 6) is 0.963. The van der Waals surface area contributed by atoms with Crippen LogP contribution < -0.4 is 5.32 Å². The lowest BCUT2D eigenvalue weighted by atomic mass is 10.1. The normalized spacial score (nSPS) is 10.6. The summed E-state index contributed by atoms with van der Waals surface area (Å²) in [7, 11) is 0. The molecule has 0 unspecified atom stereocenters. The number of hydrogen-bond acceptors (Lipinski definition) is 4. The summed E-state index contributed by atoms with van der Waals surface area (Å²) in [5, 5.41) is 12.8. The van der Waals surface area contributed by atoms with Gasteiger partial charge < -0.3 is 9.88 Å². The molecule has 3 rings (SSSR count). The van der Waals surface area contributed by atoms with Gasteiger partial charge in [-0.25, -0.2) is 0 Å². The van der Waals surface area contributed by atoms with Gasteiger partial charge in [0.1, 0.15) is 5.82 Å². The third kappa shape index (κ3) is 5.70. The molecule has 3 aromatic rings. The first-order valence-electron chi connectivity index (χ1n) is 8.51. The SMILES string of the molecule is C=CCn1c(Cc2ccc(Cl)cc2)nnc1SCC(=O)Nc1ccc(Br)cc1. The Kier molecular flexibility index (Phi) is 7.30. The van der Waals surface area contributed by atoms with Gasteiger partial charge in [0.05, 0.1) is 5.75 Å². The molecule has 0 bridgehead atoms. The van der Waals surface area contributed by atoms with Crippen LogP contribution in [0.4, 0.5) is 5.69 Å². The Bertz CT molecular complexity index is 957. The van der Waals surface area contributed by atoms with Gasteiger partial charge in [0, 0.05) is 28.1 Å². The molecule has 1 heterocycles. The van der Waals surface area contributed by atoms with Crippen molar-refractivity contribution in [1.29, 1.82) is 0 Å². The third-order valence-electron chi connectivity index (χ3n) is 3.84. The van der Waals surface area contributed by atoms with Crippen LogP contribution >= 0.6 is 39.3 Å². The third-order valence-corrected chi connectivity index (χ3v) is 5.59. The van der Waals surface area contributed by atoms with E-state index in [2.05, 4.69) is 38.0 Å². The summed E-state index contributed by atoms with van der Waals surface area (Å²) in [6.07, 6.45) is 2.42. The Labute approximate surface area is 181 Å². The molecule has 0 spiro atoms. The summed E-state index contributed by atoms with van der Waals surface area (Å²) in [6, 6.07) is 15.1. The summed E-state index contributed by atoms with van der Waals surface area (Å²) in [5.41, 5.74) is 1.84. The maximum Gasteiger partial charge on any atom is 0.234 e. The van der Waals surface area contributed by atoms with E-state index in [4.69, 9.17) is 11.6 Å². The minimum absolute atomic E-state index is 0.0975. The summed E-state index contributed by atoms with van der Waals surface area (Å²) in [4.78, 5) is 12.2. The van der Waals surface area contributed by atoms with Crippen molar-refractivity contribution in [3.63, 3.8) is 0 Å². The molecule has 0 radical (unpaired) electrons. The van der Waals surface area contributed by atoms with Crippen LogP contribution in [0, 0.1) is 0 Å². The number of nitrogens with zero attached hydrogens (tertiary/aromatic N) is 3. The van der Waals surface area contributed by atoms with Gasteiger partial charge in [-0.1, -0.05) is 57.5 Å². The maximum atomic E-state index is 12.2. The van der Waals surface area contributed by atoms with Crippen molar-refractivity contribution in [3.8, 4) is 0 Å². The van der Waals surface area contributed by atoms with Gasteiger partial charge in [-0.3, -0.25) is 4.79 Å². The lowest BCUT2D eigenvalue weighted by molar-refractivity contribution is -0.113. The van der Waals surface area contributed by atoms with E-state index < -0.39 is 0 Å². The Morgan fingerprint density at radius 1 is 1.18 bits per heavy atom. The largest absolute Gasteiger partial charge is 0.325 e. The standard InChI is InChI=1S/C20H18BrClN4OS/c1-2-11-26-18(12-14-3-7-16(22)8-4-14)24-25-20(26)28-13-19(27)23-17-9-5-15(21)6-10-17/h2-10H,1,11-13H2,(H,23,27). The van der Waals surface area contributed by atoms with Crippen LogP contribution in [-0.4, -0.2) is 26.4 Å². The van der Waals surface area contributed by atoms with E-state index in [0.717, 1.165) is 21.5 Å². The molecule has 1 amide bonds. The molecule has 144 valence electrons. The second kappa shape index (κ2) is 9.91. The molecular formula is C20H18BrClN4OS. The predicted octanol–water partition coefficient (Wildman–Crippen LogP) is 5.20. The van der Waals surface area contributed by atoms with Crippen molar-refractivity contribution in [2.75, 3.05) is 11.1 Å². The van der Waals surface area contributed by atoms with Gasteiger partial charge in [0.25, 0.3) is 0 Å². The van der Waals surface area contributed by atoms with Crippen LogP contribution in [0.3, 0.4) is 0 Å². The number of carbonyl (C=O) groups is 1. The van der Waals surface area contributed by atoms with Gasteiger partial charge in [-0.15, -0.1) is 16.8 Å². The number of amides is 1. The number of carbonyl (C=O) groups excluding carboxylic acids is 1. The zero-order chi connectivity index (χ0) is 19.9. The van der Waals surface area contributed by atoms with Crippen molar-refractivity contribution >= 4 is 50.9 Å². The van der Waals surface area contributed by atoms with E-state index in [1.807, 2.05) is 53.1 Å². The lowest BCUT2D eigenvalue weighted by Crippen LogP contribution is -2.14. The number of thioether (sulfide) groups is 1. The number of aromatic nitrogens is 3. The first-order valence-corrected chi connectivity index (χ1v) is 10.7. The number of halogens is 2. The highest BCUT2D eigenvalue weighted by molar-refractivity contribution is 9.10. The molecule has 8 heteroatoms. The highest BCUT2D eigenvalue weighted by Crippen LogP contribution is 2.21. The number of anilines is 1. The number of rotatable bonds is 8. The summed E-state index contributed by atoms with van der Waals surface area (Å²) in [6.45, 7) is 4.38. The second-order valence-corrected chi connectivity index (χ2v) is 8.24. The summed E-state index contributed by atoms with van der Waals surface area (Å²) >= 11 is 10.7. The molecule has 0 saturated carbocycles. The highest BCUT2D eigenvalue weighted by atomic mass is 79.9. The van der Waals surface area contributed by atoms with Gasteiger partial charge in [0.2, 0.25) is 5.91 Å². The van der Waals surface area contributed by atoms with Crippen LogP contribution in [-0.2, 0) is 17.8 Å². The van der Waals surface area contributed by atoms with Crippen molar-refractivity contribution in [3.05, 3.63) is 82.1 Å². The van der Waals surface area contributed by atoms with Crippen LogP contribution in [0.15, 0.2) is 70.8 Å². The topological polar surface area (TPSA) is 59.8 Å². The van der Waals surface area contributed by atoms with Gasteiger partial charge in [-0.05, 0) is 42.0 Å². The Balaban J connectivity index is 1.65. The molecule has 28 heavy (non-hydrogen) atoms. The van der Waals surface area contributed by atoms with Gasteiger partial charge >= 0.3 is 0 Å². The average Bonchev–Trinajstić information content (AvgIpc) is 3.06. The van der Waals surface area contributed by atoms with E-state index in [1.54, 1.807) is 6.08 Å². The van der Waals surface area contributed by atoms with Crippen LogP contribution in [0.25, 0.3) is 0 Å². The monoisotopic (exact) mass is 476 g/mol. The van der Waals surface area contributed by atoms with Crippen molar-refractivity contribution < 1.29 is 4.79 Å². The zero-order valence-electron chi connectivity index (χ0n) is 14.9. The van der Waals surface area contributed by atoms with Gasteiger partial charge in [-0.2, -0.15) is 0 Å². The molecule has 0 saturated heterocycles. The van der Waals surface area contributed by atoms with Gasteiger partial charge in [0.15, 0.2) is 5.16 Å². The minimum atomic E-state index is -0.0975. The van der Waals surface area contributed by atoms with Crippen molar-refractivity contribution in [1.82, 2.24) is 14.8 Å². The number of allylic oxidation sites excluding steroid dienone is 1. The van der Waals surface area contributed by atoms with E-state index >= 15 is 0 Å². The van der Waals surface area contributed by atoms with E-state index in [-0.39, 0.29) is 11.7 Å². The number of hydrogen-bond donors (Lipinski definition) is 1. The molecule has 5 nitrogen and oxygen atoms in total. The molecule has 0 atom stereocenters. The van der Waals surface area contributed by atoms with Crippen molar-refractivity contribution in [2.24, 2.45) is 0 Å². The van der Waals surface area contributed by atoms with Crippen LogP contribution in [0.2, 0.25) is 5.02 Å². The molecule has 0 fully saturated rings. The Morgan fingerprint density at radius 2 is 1.89 bits per heavy atom. The smallest absolute Gasteiger partial charge is 0.234 e. The lowest BCUT2D eigenvalue weighted by Gasteiger charge is -2.08. The molecule has 2 aromatic carbocycles. The average molecular weight is 478 g/mol. The van der Waals surface area contributed by atoms with E-state index in [9.17, 15) is 4.79 Å². The number of nitrogens with one attached hydrogen (secondary N) is 1. The fraction of sp³-hybridized carbons (Fsp3) is 0.150. The van der Waals surface area contributed by atoms with Crippen LogP contribution in [0.5, 0.6) is 0 Å². The fourth-order valence-electron chi connectivity index (χ4n) is 2.51. The molecule has 0 aliphatic heterocycles. The quantitative estimate of drug-likeness (QED) is 0.358. The van der Waals surface area contributed by atoms with Crippen molar-refractivity contribution in [2.45, 2.75) is 18.1 Å². The zero-order valence-corrected chi connectivity index (χ0v) is 18.1. The number of benzene rings is 2. The molecule has 1 aromatic heterocycles. The second-order valence-electron chi connectivity index (χ2n) is 5.95. The first kappa shape index (κ1) is 20.6. The minimum Gasteiger partial charge on any atom is -0.325 e. The Hall–Kier alpha value is -2.09. The molecular weight excluding hydrogens is 460 g/mol. The molecule has 0 aliphatic carbocycles. The van der Waals surface area contributed by atoms with Crippen LogP contribution in [0.1, 0.15) is 11.4 Å². The summed E-state index contributed by atoms with van der Waals surface area (Å²) < 4.78 is 2.93. The maximum absolute atomic E-state index is 12.2. The Morgan fingerprint density at radius 3 is 2.57 bits per heavy atom. The first-order chi connectivity index (χ1) is 13.5. The van der Waals surface area contributed by atoms with E-state index in [1.165, 1.54) is 11.8 Å². The fourth-order valence-corrected chi connectivity index (χ4v) is 3.67. The highest BCUT2D eigenvalue weighted by Gasteiger charge is 2.14. The molecule has 1 N–H and O–H groups in total. The van der Waals surface area contributed by atoms with E-state index in [0.29, 0.717) is 23.1 Å². The predicted molar refractivity (Wildman–Crippen MR) is 118 cm³/mol. The molecule has 0 aliphatic rings.